The zero-order chi connectivity index (χ0) is 19.1. The Morgan fingerprint density at radius 1 is 1.23 bits per heavy atom. The predicted molar refractivity (Wildman–Crippen MR) is 95.4 cm³/mol. The lowest BCUT2D eigenvalue weighted by Gasteiger charge is -2.18. The van der Waals surface area contributed by atoms with E-state index in [0.29, 0.717) is 18.8 Å². The van der Waals surface area contributed by atoms with Crippen LogP contribution in [0.5, 0.6) is 5.88 Å². The fourth-order valence-corrected chi connectivity index (χ4v) is 2.43. The summed E-state index contributed by atoms with van der Waals surface area (Å²) in [4.78, 5) is 28.3. The van der Waals surface area contributed by atoms with Crippen LogP contribution >= 0.6 is 0 Å². The van der Waals surface area contributed by atoms with E-state index >= 15 is 0 Å². The van der Waals surface area contributed by atoms with Crippen LogP contribution in [0.15, 0.2) is 36.5 Å². The summed E-state index contributed by atoms with van der Waals surface area (Å²) in [6, 6.07) is 7.19. The summed E-state index contributed by atoms with van der Waals surface area (Å²) in [5.74, 6) is -1.37. The fraction of sp³-hybridized carbons (Fsp3) is 0.316. The zero-order valence-corrected chi connectivity index (χ0v) is 15.0. The first-order valence-corrected chi connectivity index (χ1v) is 8.11. The number of pyridine rings is 1. The van der Waals surface area contributed by atoms with E-state index in [-0.39, 0.29) is 11.4 Å². The fourth-order valence-electron chi connectivity index (χ4n) is 2.43. The number of nitrogens with zero attached hydrogens (tertiary/aromatic N) is 1. The number of benzene rings is 1. The topological polar surface area (TPSA) is 97.8 Å². The monoisotopic (exact) mass is 358 g/mol. The van der Waals surface area contributed by atoms with Gasteiger partial charge in [-0.05, 0) is 36.6 Å². The van der Waals surface area contributed by atoms with Crippen LogP contribution < -0.4 is 10.1 Å². The van der Waals surface area contributed by atoms with Crippen molar-refractivity contribution >= 4 is 11.9 Å². The largest absolute Gasteiger partial charge is 0.479 e. The van der Waals surface area contributed by atoms with Crippen molar-refractivity contribution in [3.05, 3.63) is 58.8 Å². The minimum atomic E-state index is -1.14. The van der Waals surface area contributed by atoms with Crippen molar-refractivity contribution in [1.82, 2.24) is 10.3 Å². The van der Waals surface area contributed by atoms with Gasteiger partial charge in [-0.1, -0.05) is 18.2 Å². The van der Waals surface area contributed by atoms with Crippen LogP contribution in [0.2, 0.25) is 0 Å². The molecule has 0 saturated heterocycles. The molecule has 2 rings (SSSR count). The molecule has 2 N–H and O–H groups in total. The molecule has 26 heavy (non-hydrogen) atoms. The lowest BCUT2D eigenvalue weighted by molar-refractivity contribution is -0.139. The highest BCUT2D eigenvalue weighted by molar-refractivity contribution is 5.97. The summed E-state index contributed by atoms with van der Waals surface area (Å²) in [7, 11) is 1.56. The lowest BCUT2D eigenvalue weighted by atomic mass is 9.97. The molecule has 0 fully saturated rings. The predicted octanol–water partition coefficient (Wildman–Crippen LogP) is 2.28. The molecule has 0 spiro atoms. The molecule has 0 saturated carbocycles. The summed E-state index contributed by atoms with van der Waals surface area (Å²) >= 11 is 0. The lowest BCUT2D eigenvalue weighted by Crippen LogP contribution is -2.34. The number of aromatic nitrogens is 1. The smallest absolute Gasteiger partial charge is 0.330 e. The van der Waals surface area contributed by atoms with Gasteiger partial charge in [-0.2, -0.15) is 0 Å². The molecule has 0 aliphatic rings. The van der Waals surface area contributed by atoms with Crippen molar-refractivity contribution in [2.24, 2.45) is 0 Å². The Bertz CT molecular complexity index is 791. The van der Waals surface area contributed by atoms with Gasteiger partial charge < -0.3 is 19.9 Å². The Labute approximate surface area is 152 Å². The third-order valence-electron chi connectivity index (χ3n) is 4.01. The maximum Gasteiger partial charge on any atom is 0.330 e. The van der Waals surface area contributed by atoms with Crippen LogP contribution in [-0.2, 0) is 9.53 Å². The molecule has 0 aliphatic carbocycles. The average molecular weight is 358 g/mol. The highest BCUT2D eigenvalue weighted by Gasteiger charge is 2.24. The van der Waals surface area contributed by atoms with Gasteiger partial charge in [-0.15, -0.1) is 0 Å². The first-order valence-electron chi connectivity index (χ1n) is 8.11. The van der Waals surface area contributed by atoms with E-state index < -0.39 is 17.9 Å². The molecule has 1 atom stereocenters. The van der Waals surface area contributed by atoms with E-state index in [1.807, 2.05) is 19.9 Å². The van der Waals surface area contributed by atoms with E-state index in [0.717, 1.165) is 11.1 Å². The number of carbonyl (C=O) groups is 2. The Hall–Kier alpha value is -2.93. The van der Waals surface area contributed by atoms with Crippen LogP contribution in [-0.4, -0.2) is 42.3 Å². The number of hydrogen-bond donors (Lipinski definition) is 2. The van der Waals surface area contributed by atoms with E-state index in [1.54, 1.807) is 19.2 Å². The minimum absolute atomic E-state index is 0.268. The van der Waals surface area contributed by atoms with E-state index in [9.17, 15) is 14.7 Å². The highest BCUT2D eigenvalue weighted by atomic mass is 16.5. The molecule has 0 bridgehead atoms. The zero-order valence-electron chi connectivity index (χ0n) is 15.0. The Balaban J connectivity index is 2.19. The number of carbonyl (C=O) groups excluding carboxylic acids is 1. The van der Waals surface area contributed by atoms with Gasteiger partial charge >= 0.3 is 5.97 Å². The Morgan fingerprint density at radius 2 is 2.00 bits per heavy atom. The summed E-state index contributed by atoms with van der Waals surface area (Å²) in [5.41, 5.74) is 2.61. The van der Waals surface area contributed by atoms with E-state index in [1.165, 1.54) is 18.3 Å². The second kappa shape index (κ2) is 8.96. The van der Waals surface area contributed by atoms with Crippen molar-refractivity contribution in [2.45, 2.75) is 19.9 Å². The maximum atomic E-state index is 12.5. The molecule has 138 valence electrons. The second-order valence-corrected chi connectivity index (χ2v) is 5.76. The number of amides is 1. The van der Waals surface area contributed by atoms with Gasteiger partial charge in [0, 0.05) is 24.9 Å². The molecule has 0 aliphatic heterocycles. The molecule has 2 aromatic rings. The number of aliphatic carboxylic acids is 1. The van der Waals surface area contributed by atoms with Gasteiger partial charge in [0.05, 0.1) is 6.61 Å². The van der Waals surface area contributed by atoms with Gasteiger partial charge in [0.15, 0.2) is 6.04 Å². The number of hydrogen-bond acceptors (Lipinski definition) is 5. The van der Waals surface area contributed by atoms with Gasteiger partial charge in [0.2, 0.25) is 5.88 Å². The number of methoxy groups -OCH3 is 1. The standard InChI is InChI=1S/C19H22N2O5/c1-12-5-4-6-15(13(12)2)17(19(23)24)21-18(22)14-7-8-20-16(11-14)26-10-9-25-3/h4-8,11,17H,9-10H2,1-3H3,(H,21,22)(H,23,24). The summed E-state index contributed by atoms with van der Waals surface area (Å²) < 4.78 is 10.3. The van der Waals surface area contributed by atoms with Gasteiger partial charge in [-0.3, -0.25) is 4.79 Å². The first kappa shape index (κ1) is 19.4. The van der Waals surface area contributed by atoms with Crippen LogP contribution in [0.3, 0.4) is 0 Å². The second-order valence-electron chi connectivity index (χ2n) is 5.76. The first-order chi connectivity index (χ1) is 12.4. The van der Waals surface area contributed by atoms with E-state index in [2.05, 4.69) is 10.3 Å². The molecule has 1 heterocycles. The molecule has 7 nitrogen and oxygen atoms in total. The van der Waals surface area contributed by atoms with Gasteiger partial charge in [-0.25, -0.2) is 9.78 Å². The normalized spacial score (nSPS) is 11.7. The van der Waals surface area contributed by atoms with Crippen molar-refractivity contribution < 1.29 is 24.2 Å². The SMILES string of the molecule is COCCOc1cc(C(=O)NC(C(=O)O)c2cccc(C)c2C)ccn1. The highest BCUT2D eigenvalue weighted by Crippen LogP contribution is 2.21. The third kappa shape index (κ3) is 4.80. The number of carboxylic acids is 1. The maximum absolute atomic E-state index is 12.5. The van der Waals surface area contributed by atoms with Crippen LogP contribution in [0.25, 0.3) is 0 Å². The number of aryl methyl sites for hydroxylation is 1. The Kier molecular flexibility index (Phi) is 6.68. The van der Waals surface area contributed by atoms with Crippen LogP contribution in [0.1, 0.15) is 33.1 Å². The number of ether oxygens (including phenoxy) is 2. The molecule has 0 radical (unpaired) electrons. The number of nitrogens with one attached hydrogen (secondary N) is 1. The molecule has 7 heteroatoms. The average Bonchev–Trinajstić information content (AvgIpc) is 2.62. The summed E-state index contributed by atoms with van der Waals surface area (Å²) in [6.07, 6.45) is 1.44. The quantitative estimate of drug-likeness (QED) is 0.703. The summed E-state index contributed by atoms with van der Waals surface area (Å²) in [5, 5.41) is 12.1. The van der Waals surface area contributed by atoms with Crippen molar-refractivity contribution in [1.29, 1.82) is 0 Å². The van der Waals surface area contributed by atoms with Gasteiger partial charge in [0.1, 0.15) is 6.61 Å². The number of rotatable bonds is 8. The van der Waals surface area contributed by atoms with Crippen molar-refractivity contribution in [3.8, 4) is 5.88 Å². The van der Waals surface area contributed by atoms with E-state index in [4.69, 9.17) is 9.47 Å². The molecule has 1 unspecified atom stereocenters. The molecular weight excluding hydrogens is 336 g/mol. The molecular formula is C19H22N2O5. The van der Waals surface area contributed by atoms with Crippen molar-refractivity contribution in [2.75, 3.05) is 20.3 Å². The molecule has 1 aromatic carbocycles. The van der Waals surface area contributed by atoms with Crippen molar-refractivity contribution in [3.63, 3.8) is 0 Å². The third-order valence-corrected chi connectivity index (χ3v) is 4.01. The number of carboxylic acid groups (broad SMARTS) is 1. The molecule has 1 aromatic heterocycles. The summed E-state index contributed by atoms with van der Waals surface area (Å²) in [6.45, 7) is 4.42. The molecule has 1 amide bonds. The van der Waals surface area contributed by atoms with Crippen LogP contribution in [0.4, 0.5) is 0 Å². The van der Waals surface area contributed by atoms with Gasteiger partial charge in [0.25, 0.3) is 5.91 Å². The van der Waals surface area contributed by atoms with Crippen LogP contribution in [0, 0.1) is 13.8 Å². The Morgan fingerprint density at radius 3 is 2.69 bits per heavy atom. The minimum Gasteiger partial charge on any atom is -0.479 e.